The topological polar surface area (TPSA) is 49.3 Å². The van der Waals surface area contributed by atoms with Gasteiger partial charge in [0, 0.05) is 19.4 Å². The standard InChI is InChI=1S/C27H56N2O2/c1-4-5-6-7-8-9-10-11-12-13-14-15-16-17-18-19-20-22-27(31)28-23-21-24-29(2,3)25-26-30/h30H,4-26H2,1-3H3/p+1. The highest BCUT2D eigenvalue weighted by molar-refractivity contribution is 5.75. The van der Waals surface area contributed by atoms with Crippen LogP contribution in [0.5, 0.6) is 0 Å². The molecule has 2 N–H and O–H groups in total. The first-order chi connectivity index (χ1) is 15.0. The number of likely N-dealkylation sites (N-methyl/N-ethyl adjacent to an activating group) is 1. The van der Waals surface area contributed by atoms with Crippen molar-refractivity contribution >= 4 is 5.91 Å². The molecule has 0 saturated carbocycles. The van der Waals surface area contributed by atoms with Crippen molar-refractivity contribution in [3.05, 3.63) is 0 Å². The van der Waals surface area contributed by atoms with Gasteiger partial charge in [-0.25, -0.2) is 0 Å². The summed E-state index contributed by atoms with van der Waals surface area (Å²) in [7, 11) is 4.24. The number of amides is 1. The third-order valence-corrected chi connectivity index (χ3v) is 6.48. The lowest BCUT2D eigenvalue weighted by molar-refractivity contribution is -0.890. The minimum Gasteiger partial charge on any atom is -0.391 e. The van der Waals surface area contributed by atoms with Crippen LogP contribution in [-0.2, 0) is 4.79 Å². The van der Waals surface area contributed by atoms with E-state index >= 15 is 0 Å². The SMILES string of the molecule is CCCCCCCCCCCCCCCCCCCC(=O)NCCC[N+](C)(C)CCO. The molecule has 0 fully saturated rings. The van der Waals surface area contributed by atoms with Gasteiger partial charge in [-0.3, -0.25) is 4.79 Å². The summed E-state index contributed by atoms with van der Waals surface area (Å²) in [5, 5.41) is 12.1. The zero-order chi connectivity index (χ0) is 23.0. The van der Waals surface area contributed by atoms with Gasteiger partial charge in [0.25, 0.3) is 0 Å². The first-order valence-electron chi connectivity index (χ1n) is 13.7. The van der Waals surface area contributed by atoms with Crippen LogP contribution in [0, 0.1) is 0 Å². The molecule has 1 amide bonds. The zero-order valence-electron chi connectivity index (χ0n) is 21.6. The predicted octanol–water partition coefficient (Wildman–Crippen LogP) is 6.60. The molecule has 0 rings (SSSR count). The van der Waals surface area contributed by atoms with E-state index in [2.05, 4.69) is 26.3 Å². The molecule has 31 heavy (non-hydrogen) atoms. The van der Waals surface area contributed by atoms with Crippen LogP contribution >= 0.6 is 0 Å². The van der Waals surface area contributed by atoms with Crippen LogP contribution in [0.2, 0.25) is 0 Å². The number of hydrogen-bond acceptors (Lipinski definition) is 2. The summed E-state index contributed by atoms with van der Waals surface area (Å²) in [6.07, 6.45) is 24.9. The maximum absolute atomic E-state index is 11.9. The molecule has 0 aliphatic rings. The van der Waals surface area contributed by atoms with E-state index in [0.717, 1.165) is 37.0 Å². The Morgan fingerprint density at radius 1 is 0.645 bits per heavy atom. The smallest absolute Gasteiger partial charge is 0.219 e. The van der Waals surface area contributed by atoms with Crippen molar-refractivity contribution in [3.63, 3.8) is 0 Å². The average molecular weight is 442 g/mol. The monoisotopic (exact) mass is 441 g/mol. The number of nitrogens with zero attached hydrogens (tertiary/aromatic N) is 1. The number of carbonyl (C=O) groups is 1. The van der Waals surface area contributed by atoms with Gasteiger partial charge >= 0.3 is 0 Å². The Bertz CT molecular complexity index is 385. The Morgan fingerprint density at radius 3 is 1.48 bits per heavy atom. The molecule has 0 atom stereocenters. The summed E-state index contributed by atoms with van der Waals surface area (Å²) in [4.78, 5) is 11.9. The molecule has 186 valence electrons. The zero-order valence-corrected chi connectivity index (χ0v) is 21.6. The van der Waals surface area contributed by atoms with Crippen LogP contribution in [0.4, 0.5) is 0 Å². The number of rotatable bonds is 24. The lowest BCUT2D eigenvalue weighted by Crippen LogP contribution is -2.43. The second-order valence-electron chi connectivity index (χ2n) is 10.2. The summed E-state index contributed by atoms with van der Waals surface area (Å²) in [6, 6.07) is 0. The third-order valence-electron chi connectivity index (χ3n) is 6.48. The van der Waals surface area contributed by atoms with Gasteiger partial charge in [0.05, 0.1) is 27.2 Å². The fourth-order valence-corrected chi connectivity index (χ4v) is 4.22. The Labute approximate surface area is 195 Å². The van der Waals surface area contributed by atoms with E-state index in [9.17, 15) is 4.79 Å². The summed E-state index contributed by atoms with van der Waals surface area (Å²) in [6.45, 7) is 5.02. The largest absolute Gasteiger partial charge is 0.391 e. The van der Waals surface area contributed by atoms with E-state index in [4.69, 9.17) is 5.11 Å². The Kier molecular flexibility index (Phi) is 22.1. The molecule has 4 nitrogen and oxygen atoms in total. The number of aliphatic hydroxyl groups is 1. The van der Waals surface area contributed by atoms with Crippen LogP contribution in [0.1, 0.15) is 129 Å². The van der Waals surface area contributed by atoms with Crippen LogP contribution < -0.4 is 5.32 Å². The van der Waals surface area contributed by atoms with Gasteiger partial charge in [0.2, 0.25) is 5.91 Å². The van der Waals surface area contributed by atoms with Crippen LogP contribution in [0.25, 0.3) is 0 Å². The number of unbranched alkanes of at least 4 members (excludes halogenated alkanes) is 16. The van der Waals surface area contributed by atoms with E-state index in [1.807, 2.05) is 0 Å². The summed E-state index contributed by atoms with van der Waals surface area (Å²) < 4.78 is 0.811. The highest BCUT2D eigenvalue weighted by atomic mass is 16.3. The number of nitrogens with one attached hydrogen (secondary N) is 1. The molecule has 0 aliphatic carbocycles. The molecule has 0 aromatic rings. The third kappa shape index (κ3) is 23.9. The molecule has 0 aromatic heterocycles. The number of carbonyl (C=O) groups excluding carboxylic acids is 1. The molecule has 0 aliphatic heterocycles. The van der Waals surface area contributed by atoms with E-state index < -0.39 is 0 Å². The highest BCUT2D eigenvalue weighted by Crippen LogP contribution is 2.14. The first-order valence-corrected chi connectivity index (χ1v) is 13.7. The maximum Gasteiger partial charge on any atom is 0.219 e. The summed E-state index contributed by atoms with van der Waals surface area (Å²) >= 11 is 0. The Hall–Kier alpha value is -0.610. The lowest BCUT2D eigenvalue weighted by atomic mass is 10.0. The summed E-state index contributed by atoms with van der Waals surface area (Å²) in [5.74, 6) is 0.202. The van der Waals surface area contributed by atoms with Crippen LogP contribution in [0.3, 0.4) is 0 Å². The molecule has 0 radical (unpaired) electrons. The van der Waals surface area contributed by atoms with Gasteiger partial charge in [-0.1, -0.05) is 110 Å². The minimum absolute atomic E-state index is 0.202. The van der Waals surface area contributed by atoms with E-state index in [0.29, 0.717) is 6.42 Å². The molecule has 0 unspecified atom stereocenters. The van der Waals surface area contributed by atoms with Crippen LogP contribution in [-0.4, -0.2) is 55.8 Å². The highest BCUT2D eigenvalue weighted by Gasteiger charge is 2.13. The van der Waals surface area contributed by atoms with Crippen molar-refractivity contribution in [1.82, 2.24) is 5.32 Å². The average Bonchev–Trinajstić information content (AvgIpc) is 2.73. The normalized spacial score (nSPS) is 11.7. The molecular formula is C27H57N2O2+. The second kappa shape index (κ2) is 22.6. The van der Waals surface area contributed by atoms with Gasteiger partial charge in [-0.05, 0) is 6.42 Å². The molecule has 0 bridgehead atoms. The van der Waals surface area contributed by atoms with Gasteiger partial charge in [0.15, 0.2) is 0 Å². The quantitative estimate of drug-likeness (QED) is 0.131. The van der Waals surface area contributed by atoms with E-state index in [-0.39, 0.29) is 12.5 Å². The van der Waals surface area contributed by atoms with Crippen LogP contribution in [0.15, 0.2) is 0 Å². The fraction of sp³-hybridized carbons (Fsp3) is 0.963. The summed E-state index contributed by atoms with van der Waals surface area (Å²) in [5.41, 5.74) is 0. The molecule has 4 heteroatoms. The van der Waals surface area contributed by atoms with Gasteiger partial charge in [0.1, 0.15) is 6.54 Å². The maximum atomic E-state index is 11.9. The number of quaternary nitrogens is 1. The molecule has 0 heterocycles. The number of hydrogen-bond donors (Lipinski definition) is 2. The molecule has 0 saturated heterocycles. The first kappa shape index (κ1) is 30.4. The Balaban J connectivity index is 3.23. The van der Waals surface area contributed by atoms with Gasteiger partial charge in [-0.2, -0.15) is 0 Å². The van der Waals surface area contributed by atoms with Crippen molar-refractivity contribution in [2.45, 2.75) is 129 Å². The van der Waals surface area contributed by atoms with Gasteiger partial charge in [-0.15, -0.1) is 0 Å². The molecular weight excluding hydrogens is 384 g/mol. The van der Waals surface area contributed by atoms with Crippen molar-refractivity contribution < 1.29 is 14.4 Å². The lowest BCUT2D eigenvalue weighted by Gasteiger charge is -2.28. The molecule has 0 spiro atoms. The number of aliphatic hydroxyl groups excluding tert-OH is 1. The molecule has 0 aromatic carbocycles. The van der Waals surface area contributed by atoms with Gasteiger partial charge < -0.3 is 14.9 Å². The van der Waals surface area contributed by atoms with Crippen molar-refractivity contribution in [2.24, 2.45) is 0 Å². The van der Waals surface area contributed by atoms with E-state index in [1.54, 1.807) is 0 Å². The predicted molar refractivity (Wildman–Crippen MR) is 135 cm³/mol. The Morgan fingerprint density at radius 2 is 1.06 bits per heavy atom. The van der Waals surface area contributed by atoms with Crippen molar-refractivity contribution in [1.29, 1.82) is 0 Å². The van der Waals surface area contributed by atoms with Crippen molar-refractivity contribution in [3.8, 4) is 0 Å². The second-order valence-corrected chi connectivity index (χ2v) is 10.2. The van der Waals surface area contributed by atoms with E-state index in [1.165, 1.54) is 103 Å². The van der Waals surface area contributed by atoms with Crippen molar-refractivity contribution in [2.75, 3.05) is 40.3 Å². The minimum atomic E-state index is 0.202. The fourth-order valence-electron chi connectivity index (χ4n) is 4.22.